The lowest BCUT2D eigenvalue weighted by molar-refractivity contribution is 0.306. The van der Waals surface area contributed by atoms with Gasteiger partial charge in [-0.2, -0.15) is 14.9 Å². The van der Waals surface area contributed by atoms with Gasteiger partial charge in [-0.15, -0.1) is 0 Å². The molecule has 0 saturated carbocycles. The molecule has 0 aliphatic carbocycles. The van der Waals surface area contributed by atoms with E-state index in [0.717, 1.165) is 22.4 Å². The van der Waals surface area contributed by atoms with E-state index < -0.39 is 0 Å². The normalized spacial score (nSPS) is 11.1. The van der Waals surface area contributed by atoms with E-state index in [2.05, 4.69) is 15.3 Å². The number of aromatic amines is 1. The minimum Gasteiger partial charge on any atom is -0.488 e. The third-order valence-corrected chi connectivity index (χ3v) is 4.74. The molecule has 1 aromatic heterocycles. The van der Waals surface area contributed by atoms with Gasteiger partial charge in [0.1, 0.15) is 12.4 Å². The molecule has 0 aliphatic rings. The van der Waals surface area contributed by atoms with Crippen LogP contribution >= 0.6 is 23.8 Å². The summed E-state index contributed by atoms with van der Waals surface area (Å²) in [6.45, 7) is 0.433. The molecule has 144 valence electrons. The van der Waals surface area contributed by atoms with Gasteiger partial charge in [-0.25, -0.2) is 5.10 Å². The van der Waals surface area contributed by atoms with Gasteiger partial charge in [0.25, 0.3) is 0 Å². The van der Waals surface area contributed by atoms with Crippen LogP contribution in [0.5, 0.6) is 5.75 Å². The van der Waals surface area contributed by atoms with Crippen LogP contribution in [0.15, 0.2) is 84.0 Å². The molecule has 0 fully saturated rings. The van der Waals surface area contributed by atoms with E-state index in [-0.39, 0.29) is 0 Å². The van der Waals surface area contributed by atoms with Crippen molar-refractivity contribution in [3.8, 4) is 17.1 Å². The number of para-hydroxylation sites is 1. The fraction of sp³-hybridized carbons (Fsp3) is 0.0455. The fourth-order valence-electron chi connectivity index (χ4n) is 2.75. The van der Waals surface area contributed by atoms with E-state index in [1.54, 1.807) is 10.9 Å². The highest BCUT2D eigenvalue weighted by molar-refractivity contribution is 7.71. The molecule has 0 saturated heterocycles. The minimum absolute atomic E-state index is 0.416. The maximum atomic E-state index is 5.99. The highest BCUT2D eigenvalue weighted by atomic mass is 35.5. The first-order chi connectivity index (χ1) is 14.2. The van der Waals surface area contributed by atoms with Crippen LogP contribution < -0.4 is 4.74 Å². The van der Waals surface area contributed by atoms with E-state index in [1.807, 2.05) is 78.9 Å². The molecule has 0 atom stereocenters. The Morgan fingerprint density at radius 2 is 1.72 bits per heavy atom. The van der Waals surface area contributed by atoms with Gasteiger partial charge in [0.15, 0.2) is 5.82 Å². The molecule has 0 spiro atoms. The summed E-state index contributed by atoms with van der Waals surface area (Å²) in [6, 6.07) is 25.0. The number of hydrogen-bond acceptors (Lipinski definition) is 4. The maximum absolute atomic E-state index is 5.99. The van der Waals surface area contributed by atoms with Crippen molar-refractivity contribution in [2.75, 3.05) is 0 Å². The van der Waals surface area contributed by atoms with Gasteiger partial charge in [0.2, 0.25) is 4.77 Å². The number of rotatable bonds is 6. The topological polar surface area (TPSA) is 55.2 Å². The summed E-state index contributed by atoms with van der Waals surface area (Å²) in [6.07, 6.45) is 1.72. The third kappa shape index (κ3) is 4.62. The van der Waals surface area contributed by atoms with Gasteiger partial charge in [-0.1, -0.05) is 66.2 Å². The standard InChI is InChI=1S/C22H17ClN4OS/c23-19-12-10-16(11-13-19)15-28-20-9-5-4-8-18(20)14-24-27-21(25-26-22(27)29)17-6-2-1-3-7-17/h1-14H,15H2,(H,26,29)/b24-14+. The molecule has 0 amide bonds. The Labute approximate surface area is 178 Å². The van der Waals surface area contributed by atoms with Gasteiger partial charge < -0.3 is 4.74 Å². The highest BCUT2D eigenvalue weighted by Crippen LogP contribution is 2.20. The van der Waals surface area contributed by atoms with E-state index in [9.17, 15) is 0 Å². The van der Waals surface area contributed by atoms with Gasteiger partial charge in [-0.05, 0) is 42.0 Å². The van der Waals surface area contributed by atoms with Crippen LogP contribution in [0.1, 0.15) is 11.1 Å². The first-order valence-electron chi connectivity index (χ1n) is 8.94. The van der Waals surface area contributed by atoms with E-state index in [1.165, 1.54) is 0 Å². The molecule has 4 rings (SSSR count). The van der Waals surface area contributed by atoms with Crippen molar-refractivity contribution in [3.63, 3.8) is 0 Å². The number of H-pyrrole nitrogens is 1. The predicted octanol–water partition coefficient (Wildman–Crippen LogP) is 5.72. The van der Waals surface area contributed by atoms with Crippen molar-refractivity contribution in [2.45, 2.75) is 6.61 Å². The SMILES string of the molecule is S=c1[nH]nc(-c2ccccc2)n1/N=C/c1ccccc1OCc1ccc(Cl)cc1. The van der Waals surface area contributed by atoms with Crippen molar-refractivity contribution < 1.29 is 4.74 Å². The van der Waals surface area contributed by atoms with Crippen molar-refractivity contribution in [1.29, 1.82) is 0 Å². The zero-order valence-electron chi connectivity index (χ0n) is 15.3. The molecule has 4 aromatic rings. The second kappa shape index (κ2) is 8.86. The molecular weight excluding hydrogens is 404 g/mol. The Bertz CT molecular complexity index is 1180. The van der Waals surface area contributed by atoms with Crippen molar-refractivity contribution in [2.24, 2.45) is 5.10 Å². The van der Waals surface area contributed by atoms with Gasteiger partial charge in [0.05, 0.1) is 6.21 Å². The van der Waals surface area contributed by atoms with Crippen LogP contribution in [-0.2, 0) is 6.61 Å². The fourth-order valence-corrected chi connectivity index (χ4v) is 3.06. The second-order valence-electron chi connectivity index (χ2n) is 6.23. The molecule has 7 heteroatoms. The predicted molar refractivity (Wildman–Crippen MR) is 118 cm³/mol. The maximum Gasteiger partial charge on any atom is 0.216 e. The summed E-state index contributed by atoms with van der Waals surface area (Å²) in [4.78, 5) is 0. The lowest BCUT2D eigenvalue weighted by atomic mass is 10.2. The van der Waals surface area contributed by atoms with Crippen molar-refractivity contribution >= 4 is 30.0 Å². The number of benzene rings is 3. The summed E-state index contributed by atoms with van der Waals surface area (Å²) >= 11 is 11.3. The number of nitrogens with one attached hydrogen (secondary N) is 1. The monoisotopic (exact) mass is 420 g/mol. The summed E-state index contributed by atoms with van der Waals surface area (Å²) in [5.74, 6) is 1.37. The third-order valence-electron chi connectivity index (χ3n) is 4.22. The second-order valence-corrected chi connectivity index (χ2v) is 7.05. The van der Waals surface area contributed by atoms with Gasteiger partial charge in [0, 0.05) is 16.1 Å². The lowest BCUT2D eigenvalue weighted by Crippen LogP contribution is -1.99. The largest absolute Gasteiger partial charge is 0.488 e. The highest BCUT2D eigenvalue weighted by Gasteiger charge is 2.08. The summed E-state index contributed by atoms with van der Waals surface area (Å²) in [5, 5.41) is 12.3. The molecule has 3 aromatic carbocycles. The van der Waals surface area contributed by atoms with Crippen molar-refractivity contribution in [1.82, 2.24) is 14.9 Å². The first kappa shape index (κ1) is 19.1. The average Bonchev–Trinajstić information content (AvgIpc) is 3.13. The Kier molecular flexibility index (Phi) is 5.84. The Morgan fingerprint density at radius 1 is 1.00 bits per heavy atom. The molecule has 0 bridgehead atoms. The van der Waals surface area contributed by atoms with E-state index >= 15 is 0 Å². The van der Waals surface area contributed by atoms with Crippen molar-refractivity contribution in [3.05, 3.63) is 99.8 Å². The molecular formula is C22H17ClN4OS. The van der Waals surface area contributed by atoms with Crippen LogP contribution in [-0.4, -0.2) is 21.1 Å². The summed E-state index contributed by atoms with van der Waals surface area (Å²) in [5.41, 5.74) is 2.79. The zero-order chi connectivity index (χ0) is 20.1. The molecule has 0 unspecified atom stereocenters. The Balaban J connectivity index is 1.58. The Hall–Kier alpha value is -3.22. The quantitative estimate of drug-likeness (QED) is 0.320. The number of hydrogen-bond donors (Lipinski definition) is 1. The minimum atomic E-state index is 0.416. The number of nitrogens with zero attached hydrogens (tertiary/aromatic N) is 3. The van der Waals surface area contributed by atoms with Crippen LogP contribution in [0.2, 0.25) is 5.02 Å². The average molecular weight is 421 g/mol. The summed E-state index contributed by atoms with van der Waals surface area (Å²) < 4.78 is 8.00. The first-order valence-corrected chi connectivity index (χ1v) is 9.73. The van der Waals surface area contributed by atoms with Gasteiger partial charge >= 0.3 is 0 Å². The lowest BCUT2D eigenvalue weighted by Gasteiger charge is -2.09. The number of halogens is 1. The van der Waals surface area contributed by atoms with Crippen LogP contribution in [0.3, 0.4) is 0 Å². The number of ether oxygens (including phenoxy) is 1. The molecule has 0 aliphatic heterocycles. The zero-order valence-corrected chi connectivity index (χ0v) is 16.9. The number of aromatic nitrogens is 3. The molecule has 5 nitrogen and oxygen atoms in total. The molecule has 1 N–H and O–H groups in total. The Morgan fingerprint density at radius 3 is 2.52 bits per heavy atom. The van der Waals surface area contributed by atoms with E-state index in [0.29, 0.717) is 22.2 Å². The van der Waals surface area contributed by atoms with Crippen LogP contribution in [0.4, 0.5) is 0 Å². The van der Waals surface area contributed by atoms with Crippen LogP contribution in [0, 0.1) is 4.77 Å². The van der Waals surface area contributed by atoms with E-state index in [4.69, 9.17) is 28.6 Å². The van der Waals surface area contributed by atoms with Crippen LogP contribution in [0.25, 0.3) is 11.4 Å². The molecule has 29 heavy (non-hydrogen) atoms. The van der Waals surface area contributed by atoms with Gasteiger partial charge in [-0.3, -0.25) is 0 Å². The summed E-state index contributed by atoms with van der Waals surface area (Å²) in [7, 11) is 0. The smallest absolute Gasteiger partial charge is 0.216 e. The molecule has 0 radical (unpaired) electrons. The molecule has 1 heterocycles.